The van der Waals surface area contributed by atoms with Gasteiger partial charge in [0.25, 0.3) is 0 Å². The number of likely N-dealkylation sites (tertiary alicyclic amines) is 1. The molecule has 0 bridgehead atoms. The van der Waals surface area contributed by atoms with Crippen LogP contribution in [-0.2, 0) is 16.1 Å². The summed E-state index contributed by atoms with van der Waals surface area (Å²) in [5.41, 5.74) is -0.0493. The van der Waals surface area contributed by atoms with Gasteiger partial charge in [-0.3, -0.25) is 9.36 Å². The van der Waals surface area contributed by atoms with Gasteiger partial charge in [0.05, 0.1) is 12.1 Å². The van der Waals surface area contributed by atoms with Gasteiger partial charge in [0.15, 0.2) is 0 Å². The van der Waals surface area contributed by atoms with Crippen LogP contribution in [0, 0.1) is 11.8 Å². The standard InChI is InChI=1S/C16H26N4O3/c1-11(21)18-14-7-12-9-19(10-13(12)8-15(14)23-2)5-6-20-4-3-17-16(20)22/h3-4,12-15H,5-10H2,1-2H3,(H,17,22)(H,18,21)/t12-,13+,14-,15-/m1/s1. The van der Waals surface area contributed by atoms with Crippen LogP contribution in [0.25, 0.3) is 0 Å². The molecule has 7 heteroatoms. The van der Waals surface area contributed by atoms with Crippen molar-refractivity contribution in [2.75, 3.05) is 26.7 Å². The Bertz CT molecular complexity index is 596. The Morgan fingerprint density at radius 1 is 1.35 bits per heavy atom. The Morgan fingerprint density at radius 3 is 2.70 bits per heavy atom. The predicted molar refractivity (Wildman–Crippen MR) is 86.1 cm³/mol. The lowest BCUT2D eigenvalue weighted by atomic mass is 9.77. The van der Waals surface area contributed by atoms with E-state index < -0.39 is 0 Å². The number of fused-ring (bicyclic) bond motifs is 1. The van der Waals surface area contributed by atoms with Gasteiger partial charge in [-0.1, -0.05) is 0 Å². The number of methoxy groups -OCH3 is 1. The number of hydrogen-bond donors (Lipinski definition) is 2. The molecule has 128 valence electrons. The van der Waals surface area contributed by atoms with Crippen molar-refractivity contribution in [2.24, 2.45) is 11.8 Å². The first-order chi connectivity index (χ1) is 11.1. The molecular weight excluding hydrogens is 296 g/mol. The normalized spacial score (nSPS) is 31.0. The molecule has 1 saturated carbocycles. The summed E-state index contributed by atoms with van der Waals surface area (Å²) in [4.78, 5) is 28.0. The van der Waals surface area contributed by atoms with E-state index in [1.807, 2.05) is 0 Å². The number of hydrogen-bond acceptors (Lipinski definition) is 4. The Kier molecular flexibility index (Phi) is 4.87. The van der Waals surface area contributed by atoms with Gasteiger partial charge in [-0.25, -0.2) is 4.79 Å². The summed E-state index contributed by atoms with van der Waals surface area (Å²) in [5, 5.41) is 3.04. The zero-order valence-corrected chi connectivity index (χ0v) is 13.8. The zero-order chi connectivity index (χ0) is 16.4. The lowest BCUT2D eigenvalue weighted by Crippen LogP contribution is -2.49. The summed E-state index contributed by atoms with van der Waals surface area (Å²) in [7, 11) is 1.73. The van der Waals surface area contributed by atoms with E-state index in [-0.39, 0.29) is 23.7 Å². The van der Waals surface area contributed by atoms with Crippen LogP contribution in [-0.4, -0.2) is 59.2 Å². The van der Waals surface area contributed by atoms with Gasteiger partial charge in [-0.2, -0.15) is 0 Å². The van der Waals surface area contributed by atoms with Gasteiger partial charge in [0.2, 0.25) is 5.91 Å². The second-order valence-corrected chi connectivity index (χ2v) is 6.79. The lowest BCUT2D eigenvalue weighted by molar-refractivity contribution is -0.121. The number of aromatic amines is 1. The molecule has 1 amide bonds. The van der Waals surface area contributed by atoms with E-state index in [1.54, 1.807) is 31.0 Å². The van der Waals surface area contributed by atoms with Crippen LogP contribution in [0.2, 0.25) is 0 Å². The monoisotopic (exact) mass is 322 g/mol. The summed E-state index contributed by atoms with van der Waals surface area (Å²) >= 11 is 0. The number of amides is 1. The molecule has 1 aliphatic carbocycles. The van der Waals surface area contributed by atoms with Gasteiger partial charge in [0.1, 0.15) is 0 Å². The summed E-state index contributed by atoms with van der Waals surface area (Å²) in [6.45, 7) is 5.25. The highest BCUT2D eigenvalue weighted by molar-refractivity contribution is 5.73. The summed E-state index contributed by atoms with van der Waals surface area (Å²) in [6.07, 6.45) is 5.54. The van der Waals surface area contributed by atoms with Crippen LogP contribution in [0.1, 0.15) is 19.8 Å². The molecule has 23 heavy (non-hydrogen) atoms. The van der Waals surface area contributed by atoms with Crippen molar-refractivity contribution in [2.45, 2.75) is 38.5 Å². The second-order valence-electron chi connectivity index (χ2n) is 6.79. The number of aromatic nitrogens is 2. The lowest BCUT2D eigenvalue weighted by Gasteiger charge is -2.37. The number of nitrogens with one attached hydrogen (secondary N) is 2. The average molecular weight is 322 g/mol. The van der Waals surface area contributed by atoms with Crippen molar-refractivity contribution in [3.05, 3.63) is 22.9 Å². The molecule has 1 aromatic heterocycles. The second kappa shape index (κ2) is 6.88. The fourth-order valence-corrected chi connectivity index (χ4v) is 4.14. The maximum absolute atomic E-state index is 11.5. The Balaban J connectivity index is 1.56. The fourth-order valence-electron chi connectivity index (χ4n) is 4.14. The molecule has 0 spiro atoms. The molecule has 2 N–H and O–H groups in total. The zero-order valence-electron chi connectivity index (χ0n) is 13.8. The molecular formula is C16H26N4O3. The molecule has 3 rings (SSSR count). The Morgan fingerprint density at radius 2 is 2.09 bits per heavy atom. The van der Waals surface area contributed by atoms with Crippen LogP contribution in [0.15, 0.2) is 17.2 Å². The summed E-state index contributed by atoms with van der Waals surface area (Å²) < 4.78 is 7.31. The minimum atomic E-state index is -0.0493. The van der Waals surface area contributed by atoms with Crippen LogP contribution in [0.5, 0.6) is 0 Å². The minimum absolute atomic E-state index is 0.0113. The SMILES string of the molecule is CO[C@@H]1C[C@H]2CN(CCn3cc[nH]c3=O)C[C@H]2C[C@H]1NC(C)=O. The first-order valence-electron chi connectivity index (χ1n) is 8.33. The third kappa shape index (κ3) is 3.67. The molecule has 1 aromatic rings. The number of rotatable bonds is 5. The minimum Gasteiger partial charge on any atom is -0.379 e. The molecule has 0 unspecified atom stereocenters. The van der Waals surface area contributed by atoms with Crippen molar-refractivity contribution < 1.29 is 9.53 Å². The quantitative estimate of drug-likeness (QED) is 0.802. The molecule has 1 aliphatic heterocycles. The fraction of sp³-hybridized carbons (Fsp3) is 0.750. The maximum atomic E-state index is 11.5. The molecule has 0 radical (unpaired) electrons. The molecule has 0 aromatic carbocycles. The van der Waals surface area contributed by atoms with Crippen molar-refractivity contribution in [3.63, 3.8) is 0 Å². The smallest absolute Gasteiger partial charge is 0.325 e. The highest BCUT2D eigenvalue weighted by Crippen LogP contribution is 2.37. The summed E-state index contributed by atoms with van der Waals surface area (Å²) in [6, 6.07) is 0.117. The number of carbonyl (C=O) groups is 1. The largest absolute Gasteiger partial charge is 0.379 e. The Labute approximate surface area is 136 Å². The Hall–Kier alpha value is -1.60. The van der Waals surface area contributed by atoms with Gasteiger partial charge in [-0.15, -0.1) is 0 Å². The van der Waals surface area contributed by atoms with Gasteiger partial charge in [-0.05, 0) is 24.7 Å². The van der Waals surface area contributed by atoms with E-state index in [4.69, 9.17) is 4.74 Å². The van der Waals surface area contributed by atoms with E-state index in [2.05, 4.69) is 15.2 Å². The number of H-pyrrole nitrogens is 1. The highest BCUT2D eigenvalue weighted by Gasteiger charge is 2.42. The summed E-state index contributed by atoms with van der Waals surface area (Å²) in [5.74, 6) is 1.23. The number of carbonyl (C=O) groups excluding carboxylic acids is 1. The van der Waals surface area contributed by atoms with Crippen LogP contribution < -0.4 is 11.0 Å². The predicted octanol–water partition coefficient (Wildman–Crippen LogP) is 0.0379. The van der Waals surface area contributed by atoms with Crippen LogP contribution in [0.3, 0.4) is 0 Å². The van der Waals surface area contributed by atoms with E-state index in [9.17, 15) is 9.59 Å². The van der Waals surface area contributed by atoms with E-state index in [0.717, 1.165) is 32.5 Å². The van der Waals surface area contributed by atoms with Crippen LogP contribution in [0.4, 0.5) is 0 Å². The molecule has 7 nitrogen and oxygen atoms in total. The third-order valence-corrected chi connectivity index (χ3v) is 5.26. The highest BCUT2D eigenvalue weighted by atomic mass is 16.5. The van der Waals surface area contributed by atoms with Crippen molar-refractivity contribution in [1.29, 1.82) is 0 Å². The average Bonchev–Trinajstić information content (AvgIpc) is 3.09. The molecule has 4 atom stereocenters. The van der Waals surface area contributed by atoms with E-state index >= 15 is 0 Å². The maximum Gasteiger partial charge on any atom is 0.325 e. The third-order valence-electron chi connectivity index (χ3n) is 5.26. The molecule has 1 saturated heterocycles. The van der Waals surface area contributed by atoms with Crippen molar-refractivity contribution in [1.82, 2.24) is 19.8 Å². The van der Waals surface area contributed by atoms with Gasteiger partial charge < -0.3 is 19.9 Å². The molecule has 2 aliphatic rings. The number of ether oxygens (including phenoxy) is 1. The number of imidazole rings is 1. The first kappa shape index (κ1) is 16.3. The van der Waals surface area contributed by atoms with Gasteiger partial charge >= 0.3 is 5.69 Å². The van der Waals surface area contributed by atoms with Gasteiger partial charge in [0, 0.05) is 52.6 Å². The van der Waals surface area contributed by atoms with E-state index in [0.29, 0.717) is 18.4 Å². The molecule has 2 heterocycles. The molecule has 2 fully saturated rings. The van der Waals surface area contributed by atoms with Crippen molar-refractivity contribution in [3.8, 4) is 0 Å². The van der Waals surface area contributed by atoms with E-state index in [1.165, 1.54) is 0 Å². The first-order valence-corrected chi connectivity index (χ1v) is 8.33. The van der Waals surface area contributed by atoms with Crippen LogP contribution >= 0.6 is 0 Å². The van der Waals surface area contributed by atoms with Crippen molar-refractivity contribution >= 4 is 5.91 Å². The number of nitrogens with zero attached hydrogens (tertiary/aromatic N) is 2. The topological polar surface area (TPSA) is 79.4 Å².